The van der Waals surface area contributed by atoms with Crippen molar-refractivity contribution in [3.05, 3.63) is 28.8 Å². The molecule has 0 spiro atoms. The monoisotopic (exact) mass is 212 g/mol. The molecule has 3 N–H and O–H groups in total. The summed E-state index contributed by atoms with van der Waals surface area (Å²) < 4.78 is 0. The molecule has 1 aromatic carbocycles. The number of hydrogen-bond acceptors (Lipinski definition) is 2. The van der Waals surface area contributed by atoms with E-state index in [1.807, 2.05) is 6.07 Å². The first-order chi connectivity index (χ1) is 6.31. The maximum atomic E-state index is 5.93. The standard InChI is InChI=1S/C11H14ClN.H3N/c1-2-6-13-7-5-9-8-10(12)3-4-11(9)13;/h3-4,8H,2,5-7H2,1H3;1H3. The summed E-state index contributed by atoms with van der Waals surface area (Å²) in [5.41, 5.74) is 2.78. The van der Waals surface area contributed by atoms with Crippen LogP contribution >= 0.6 is 11.6 Å². The lowest BCUT2D eigenvalue weighted by Gasteiger charge is -2.17. The number of nitrogens with zero attached hydrogens (tertiary/aromatic N) is 1. The number of anilines is 1. The molecule has 2 rings (SSSR count). The van der Waals surface area contributed by atoms with Crippen LogP contribution in [0.1, 0.15) is 18.9 Å². The van der Waals surface area contributed by atoms with E-state index in [1.54, 1.807) is 0 Å². The van der Waals surface area contributed by atoms with Crippen LogP contribution < -0.4 is 11.1 Å². The van der Waals surface area contributed by atoms with Crippen LogP contribution in [0.2, 0.25) is 5.02 Å². The van der Waals surface area contributed by atoms with Gasteiger partial charge < -0.3 is 11.1 Å². The number of halogens is 1. The third kappa shape index (κ3) is 2.02. The van der Waals surface area contributed by atoms with Gasteiger partial charge in [0.05, 0.1) is 0 Å². The lowest BCUT2D eigenvalue weighted by atomic mass is 10.2. The number of benzene rings is 1. The van der Waals surface area contributed by atoms with Gasteiger partial charge in [0.1, 0.15) is 0 Å². The van der Waals surface area contributed by atoms with E-state index in [0.29, 0.717) is 0 Å². The predicted molar refractivity (Wildman–Crippen MR) is 62.7 cm³/mol. The topological polar surface area (TPSA) is 38.2 Å². The Kier molecular flexibility index (Phi) is 3.78. The van der Waals surface area contributed by atoms with E-state index in [4.69, 9.17) is 11.6 Å². The van der Waals surface area contributed by atoms with Gasteiger partial charge in [0.15, 0.2) is 0 Å². The SMILES string of the molecule is CCCN1CCc2cc(Cl)ccc21.N. The molecule has 1 heterocycles. The van der Waals surface area contributed by atoms with E-state index in [2.05, 4.69) is 24.0 Å². The normalized spacial score (nSPS) is 13.7. The minimum absolute atomic E-state index is 0. The second-order valence-corrected chi connectivity index (χ2v) is 3.95. The van der Waals surface area contributed by atoms with Crippen LogP contribution in [-0.2, 0) is 6.42 Å². The van der Waals surface area contributed by atoms with Crippen molar-refractivity contribution in [3.63, 3.8) is 0 Å². The van der Waals surface area contributed by atoms with Gasteiger partial charge in [0, 0.05) is 23.8 Å². The highest BCUT2D eigenvalue weighted by Crippen LogP contribution is 2.30. The number of hydrogen-bond donors (Lipinski definition) is 1. The van der Waals surface area contributed by atoms with Crippen LogP contribution in [0.15, 0.2) is 18.2 Å². The van der Waals surface area contributed by atoms with Crippen molar-refractivity contribution in [2.75, 3.05) is 18.0 Å². The second-order valence-electron chi connectivity index (χ2n) is 3.51. The van der Waals surface area contributed by atoms with E-state index < -0.39 is 0 Å². The van der Waals surface area contributed by atoms with Crippen molar-refractivity contribution >= 4 is 17.3 Å². The molecular formula is C11H17ClN2. The molecule has 14 heavy (non-hydrogen) atoms. The molecule has 0 atom stereocenters. The Labute approximate surface area is 90.4 Å². The van der Waals surface area contributed by atoms with Gasteiger partial charge in [0.25, 0.3) is 0 Å². The zero-order valence-corrected chi connectivity index (χ0v) is 9.35. The summed E-state index contributed by atoms with van der Waals surface area (Å²) in [6.07, 6.45) is 2.36. The van der Waals surface area contributed by atoms with E-state index in [0.717, 1.165) is 24.5 Å². The highest BCUT2D eigenvalue weighted by atomic mass is 35.5. The number of rotatable bonds is 2. The molecule has 0 bridgehead atoms. The molecule has 2 nitrogen and oxygen atoms in total. The van der Waals surface area contributed by atoms with Gasteiger partial charge in [-0.2, -0.15) is 0 Å². The Morgan fingerprint density at radius 2 is 2.21 bits per heavy atom. The van der Waals surface area contributed by atoms with Crippen LogP contribution in [0.4, 0.5) is 5.69 Å². The molecule has 0 aromatic heterocycles. The van der Waals surface area contributed by atoms with Crippen molar-refractivity contribution in [2.45, 2.75) is 19.8 Å². The van der Waals surface area contributed by atoms with Crippen molar-refractivity contribution in [3.8, 4) is 0 Å². The highest BCUT2D eigenvalue weighted by Gasteiger charge is 2.17. The summed E-state index contributed by atoms with van der Waals surface area (Å²) in [5.74, 6) is 0. The Morgan fingerprint density at radius 1 is 1.43 bits per heavy atom. The summed E-state index contributed by atoms with van der Waals surface area (Å²) in [5, 5.41) is 0.858. The maximum Gasteiger partial charge on any atom is 0.0410 e. The molecular weight excluding hydrogens is 196 g/mol. The minimum atomic E-state index is 0. The molecule has 1 aromatic rings. The quantitative estimate of drug-likeness (QED) is 0.817. The smallest absolute Gasteiger partial charge is 0.0410 e. The minimum Gasteiger partial charge on any atom is -0.371 e. The fourth-order valence-corrected chi connectivity index (χ4v) is 2.14. The average Bonchev–Trinajstić information content (AvgIpc) is 2.49. The van der Waals surface area contributed by atoms with Gasteiger partial charge in [-0.3, -0.25) is 0 Å². The highest BCUT2D eigenvalue weighted by molar-refractivity contribution is 6.30. The average molecular weight is 213 g/mol. The molecule has 1 aliphatic heterocycles. The van der Waals surface area contributed by atoms with Crippen LogP contribution in [-0.4, -0.2) is 13.1 Å². The molecule has 0 unspecified atom stereocenters. The zero-order valence-electron chi connectivity index (χ0n) is 8.59. The van der Waals surface area contributed by atoms with Crippen LogP contribution in [0.25, 0.3) is 0 Å². The number of fused-ring (bicyclic) bond motifs is 1. The Balaban J connectivity index is 0.000000980. The van der Waals surface area contributed by atoms with Crippen molar-refractivity contribution in [2.24, 2.45) is 0 Å². The van der Waals surface area contributed by atoms with Crippen LogP contribution in [0.5, 0.6) is 0 Å². The zero-order chi connectivity index (χ0) is 9.26. The Bertz CT molecular complexity index is 312. The third-order valence-corrected chi connectivity index (χ3v) is 2.76. The first-order valence-corrected chi connectivity index (χ1v) is 5.22. The molecule has 0 fully saturated rings. The van der Waals surface area contributed by atoms with Gasteiger partial charge in [0.2, 0.25) is 0 Å². The first-order valence-electron chi connectivity index (χ1n) is 4.84. The second kappa shape index (κ2) is 4.67. The summed E-state index contributed by atoms with van der Waals surface area (Å²) in [7, 11) is 0. The van der Waals surface area contributed by atoms with Crippen molar-refractivity contribution < 1.29 is 0 Å². The lowest BCUT2D eigenvalue weighted by molar-refractivity contribution is 0.796. The molecule has 0 radical (unpaired) electrons. The van der Waals surface area contributed by atoms with Gasteiger partial charge in [-0.25, -0.2) is 0 Å². The molecule has 3 heteroatoms. The Morgan fingerprint density at radius 3 is 2.93 bits per heavy atom. The molecule has 0 aliphatic carbocycles. The van der Waals surface area contributed by atoms with Crippen LogP contribution in [0.3, 0.4) is 0 Å². The van der Waals surface area contributed by atoms with Crippen molar-refractivity contribution in [1.82, 2.24) is 6.15 Å². The molecule has 1 aliphatic rings. The molecule has 0 saturated carbocycles. The van der Waals surface area contributed by atoms with E-state index in [-0.39, 0.29) is 6.15 Å². The summed E-state index contributed by atoms with van der Waals surface area (Å²) in [6, 6.07) is 6.21. The summed E-state index contributed by atoms with van der Waals surface area (Å²) in [6.45, 7) is 4.53. The summed E-state index contributed by atoms with van der Waals surface area (Å²) in [4.78, 5) is 2.44. The van der Waals surface area contributed by atoms with E-state index in [9.17, 15) is 0 Å². The third-order valence-electron chi connectivity index (χ3n) is 2.53. The lowest BCUT2D eigenvalue weighted by Crippen LogP contribution is -2.20. The largest absolute Gasteiger partial charge is 0.371 e. The van der Waals surface area contributed by atoms with Gasteiger partial charge in [-0.15, -0.1) is 0 Å². The van der Waals surface area contributed by atoms with Gasteiger partial charge >= 0.3 is 0 Å². The fourth-order valence-electron chi connectivity index (χ4n) is 1.94. The predicted octanol–water partition coefficient (Wildman–Crippen LogP) is 3.27. The molecule has 0 amide bonds. The maximum absolute atomic E-state index is 5.93. The molecule has 0 saturated heterocycles. The fraction of sp³-hybridized carbons (Fsp3) is 0.455. The Hall–Kier alpha value is -0.730. The van der Waals surface area contributed by atoms with Gasteiger partial charge in [-0.1, -0.05) is 18.5 Å². The molecule has 78 valence electrons. The first kappa shape index (κ1) is 11.3. The van der Waals surface area contributed by atoms with E-state index in [1.165, 1.54) is 17.7 Å². The van der Waals surface area contributed by atoms with Crippen LogP contribution in [0, 0.1) is 0 Å². The van der Waals surface area contributed by atoms with Crippen molar-refractivity contribution in [1.29, 1.82) is 0 Å². The summed E-state index contributed by atoms with van der Waals surface area (Å²) >= 11 is 5.93. The van der Waals surface area contributed by atoms with Gasteiger partial charge in [-0.05, 0) is 36.6 Å². The van der Waals surface area contributed by atoms with E-state index >= 15 is 0 Å².